The van der Waals surface area contributed by atoms with E-state index in [1.54, 1.807) is 36.4 Å². The molecule has 1 fully saturated rings. The third-order valence-corrected chi connectivity index (χ3v) is 9.66. The number of hydrogen-bond donors (Lipinski definition) is 5. The molecule has 1 saturated heterocycles. The monoisotopic (exact) mass is 766 g/mol. The standard InChI is InChI=1S/C42H43ClN4O8/c43-20-18-33(27-4-10-30(48)11-5-27)40(28-6-12-31(49)13-7-28)29-8-14-32(15-9-29)55-25-22-45-38(50)19-23-54-24-21-44-36-3-1-2-34-35(36)26-47(42(34)53)37-16-17-39(51)46-41(37)52/h1-15,37,44,48-49H,16-26H2,(H,45,50)(H,46,51,52). The second kappa shape index (κ2) is 18.5. The van der Waals surface area contributed by atoms with Gasteiger partial charge in [0.1, 0.15) is 29.9 Å². The van der Waals surface area contributed by atoms with E-state index in [4.69, 9.17) is 21.1 Å². The van der Waals surface area contributed by atoms with Crippen molar-refractivity contribution in [2.75, 3.05) is 44.1 Å². The highest BCUT2D eigenvalue weighted by Crippen LogP contribution is 2.37. The SMILES string of the molecule is O=C(CCOCCNc1cccc2c1CN(C1CCC(=O)NC1=O)C2=O)NCCOc1ccc(C(=C(CCCl)c2ccc(O)cc2)c2ccc(O)cc2)cc1. The van der Waals surface area contributed by atoms with Gasteiger partial charge in [0.25, 0.3) is 5.91 Å². The maximum Gasteiger partial charge on any atom is 0.255 e. The number of phenolic OH excluding ortho intramolecular Hbond substituents is 2. The van der Waals surface area contributed by atoms with Crippen LogP contribution in [0.15, 0.2) is 91.0 Å². The maximum absolute atomic E-state index is 13.0. The summed E-state index contributed by atoms with van der Waals surface area (Å²) < 4.78 is 11.6. The predicted molar refractivity (Wildman–Crippen MR) is 209 cm³/mol. The molecule has 1 atom stereocenters. The molecule has 0 saturated carbocycles. The molecule has 13 heteroatoms. The van der Waals surface area contributed by atoms with Gasteiger partial charge in [0.15, 0.2) is 0 Å². The molecule has 286 valence electrons. The number of rotatable bonds is 17. The fourth-order valence-corrected chi connectivity index (χ4v) is 6.94. The van der Waals surface area contributed by atoms with Crippen molar-refractivity contribution in [3.05, 3.63) is 119 Å². The number of amides is 4. The molecule has 0 aliphatic carbocycles. The van der Waals surface area contributed by atoms with Crippen LogP contribution in [0.5, 0.6) is 17.2 Å². The summed E-state index contributed by atoms with van der Waals surface area (Å²) in [5.41, 5.74) is 6.80. The smallest absolute Gasteiger partial charge is 0.255 e. The first kappa shape index (κ1) is 38.9. The van der Waals surface area contributed by atoms with Crippen molar-refractivity contribution >= 4 is 52.1 Å². The summed E-state index contributed by atoms with van der Waals surface area (Å²) in [6.07, 6.45) is 1.27. The van der Waals surface area contributed by atoms with Gasteiger partial charge in [-0.15, -0.1) is 11.6 Å². The Morgan fingerprint density at radius 3 is 2.16 bits per heavy atom. The molecule has 4 aromatic rings. The van der Waals surface area contributed by atoms with Gasteiger partial charge in [0.2, 0.25) is 17.7 Å². The number of piperidine rings is 1. The Kier molecular flexibility index (Phi) is 13.0. The van der Waals surface area contributed by atoms with Crippen LogP contribution in [-0.2, 0) is 25.7 Å². The highest BCUT2D eigenvalue weighted by molar-refractivity contribution is 6.18. The van der Waals surface area contributed by atoms with E-state index in [0.717, 1.165) is 39.1 Å². The Labute approximate surface area is 324 Å². The highest BCUT2D eigenvalue weighted by Gasteiger charge is 2.39. The van der Waals surface area contributed by atoms with Crippen molar-refractivity contribution in [2.45, 2.75) is 38.3 Å². The van der Waals surface area contributed by atoms with Gasteiger partial charge in [0, 0.05) is 48.6 Å². The summed E-state index contributed by atoms with van der Waals surface area (Å²) >= 11 is 6.25. The van der Waals surface area contributed by atoms with Crippen molar-refractivity contribution < 1.29 is 38.9 Å². The minimum atomic E-state index is -0.674. The van der Waals surface area contributed by atoms with E-state index in [9.17, 15) is 29.4 Å². The van der Waals surface area contributed by atoms with Gasteiger partial charge < -0.3 is 35.2 Å². The lowest BCUT2D eigenvalue weighted by Gasteiger charge is -2.29. The number of benzene rings is 4. The summed E-state index contributed by atoms with van der Waals surface area (Å²) in [5.74, 6) is 0.208. The van der Waals surface area contributed by atoms with Crippen LogP contribution in [0.4, 0.5) is 5.69 Å². The average Bonchev–Trinajstić information content (AvgIpc) is 3.52. The van der Waals surface area contributed by atoms with Crippen molar-refractivity contribution in [3.8, 4) is 17.2 Å². The normalized spacial score (nSPS) is 15.6. The summed E-state index contributed by atoms with van der Waals surface area (Å²) in [4.78, 5) is 50.9. The van der Waals surface area contributed by atoms with Gasteiger partial charge in [-0.25, -0.2) is 0 Å². The molecule has 0 radical (unpaired) electrons. The molecule has 0 bridgehead atoms. The van der Waals surface area contributed by atoms with Crippen molar-refractivity contribution in [1.29, 1.82) is 0 Å². The fraction of sp³-hybridized carbons (Fsp3) is 0.286. The van der Waals surface area contributed by atoms with E-state index in [-0.39, 0.29) is 61.8 Å². The molecule has 2 aliphatic heterocycles. The summed E-state index contributed by atoms with van der Waals surface area (Å²) in [7, 11) is 0. The first-order chi connectivity index (χ1) is 26.7. The molecule has 4 amide bonds. The average molecular weight is 767 g/mol. The van der Waals surface area contributed by atoms with Crippen LogP contribution in [0, 0.1) is 0 Å². The Bertz CT molecular complexity index is 2030. The number of hydrogen-bond acceptors (Lipinski definition) is 9. The highest BCUT2D eigenvalue weighted by atomic mass is 35.5. The molecule has 12 nitrogen and oxygen atoms in total. The fourth-order valence-electron chi connectivity index (χ4n) is 6.76. The van der Waals surface area contributed by atoms with Crippen LogP contribution in [0.25, 0.3) is 11.1 Å². The summed E-state index contributed by atoms with van der Waals surface area (Å²) in [6, 6.07) is 26.4. The van der Waals surface area contributed by atoms with Crippen LogP contribution in [0.2, 0.25) is 0 Å². The summed E-state index contributed by atoms with van der Waals surface area (Å²) in [6.45, 7) is 1.89. The molecule has 4 aromatic carbocycles. The minimum Gasteiger partial charge on any atom is -0.508 e. The maximum atomic E-state index is 13.0. The number of halogens is 1. The first-order valence-corrected chi connectivity index (χ1v) is 18.7. The lowest BCUT2D eigenvalue weighted by molar-refractivity contribution is -0.137. The molecule has 2 heterocycles. The van der Waals surface area contributed by atoms with E-state index >= 15 is 0 Å². The van der Waals surface area contributed by atoms with Gasteiger partial charge in [-0.1, -0.05) is 42.5 Å². The lowest BCUT2D eigenvalue weighted by atomic mass is 9.88. The molecular formula is C42H43ClN4O8. The quantitative estimate of drug-likeness (QED) is 0.0406. The number of aromatic hydroxyl groups is 2. The van der Waals surface area contributed by atoms with Crippen molar-refractivity contribution in [2.24, 2.45) is 0 Å². The molecule has 1 unspecified atom stereocenters. The van der Waals surface area contributed by atoms with Crippen LogP contribution >= 0.6 is 11.6 Å². The summed E-state index contributed by atoms with van der Waals surface area (Å²) in [5, 5.41) is 28.2. The number of imide groups is 1. The Morgan fingerprint density at radius 1 is 0.818 bits per heavy atom. The second-order valence-electron chi connectivity index (χ2n) is 13.1. The van der Waals surface area contributed by atoms with Gasteiger partial charge in [-0.3, -0.25) is 24.5 Å². The largest absolute Gasteiger partial charge is 0.508 e. The number of anilines is 1. The molecule has 0 aromatic heterocycles. The molecule has 6 rings (SSSR count). The Morgan fingerprint density at radius 2 is 1.49 bits per heavy atom. The molecule has 55 heavy (non-hydrogen) atoms. The van der Waals surface area contributed by atoms with Gasteiger partial charge in [-0.2, -0.15) is 0 Å². The minimum absolute atomic E-state index is 0.162. The van der Waals surface area contributed by atoms with Crippen LogP contribution < -0.4 is 20.7 Å². The molecular weight excluding hydrogens is 724 g/mol. The van der Waals surface area contributed by atoms with E-state index in [2.05, 4.69) is 16.0 Å². The number of allylic oxidation sites excluding steroid dienone is 1. The zero-order valence-corrected chi connectivity index (χ0v) is 30.9. The van der Waals surface area contributed by atoms with E-state index in [1.165, 1.54) is 4.90 Å². The predicted octanol–water partition coefficient (Wildman–Crippen LogP) is 5.46. The number of nitrogens with zero attached hydrogens (tertiary/aromatic N) is 1. The molecule has 5 N–H and O–H groups in total. The van der Waals surface area contributed by atoms with Crippen LogP contribution in [0.3, 0.4) is 0 Å². The molecule has 0 spiro atoms. The zero-order chi connectivity index (χ0) is 38.7. The van der Waals surface area contributed by atoms with Crippen molar-refractivity contribution in [3.63, 3.8) is 0 Å². The third kappa shape index (κ3) is 9.83. The topological polar surface area (TPSA) is 167 Å². The Hall–Kier alpha value is -5.85. The van der Waals surface area contributed by atoms with E-state index in [0.29, 0.717) is 49.7 Å². The van der Waals surface area contributed by atoms with Gasteiger partial charge >= 0.3 is 0 Å². The van der Waals surface area contributed by atoms with Crippen molar-refractivity contribution in [1.82, 2.24) is 15.5 Å². The zero-order valence-electron chi connectivity index (χ0n) is 30.2. The second-order valence-corrected chi connectivity index (χ2v) is 13.5. The van der Waals surface area contributed by atoms with Gasteiger partial charge in [-0.05, 0) is 89.2 Å². The number of carbonyl (C=O) groups excluding carboxylic acids is 4. The van der Waals surface area contributed by atoms with E-state index < -0.39 is 11.9 Å². The van der Waals surface area contributed by atoms with Crippen LogP contribution in [-0.4, -0.2) is 83.6 Å². The number of carbonyl (C=O) groups is 4. The number of fused-ring (bicyclic) bond motifs is 1. The van der Waals surface area contributed by atoms with E-state index in [1.807, 2.05) is 54.6 Å². The molecule has 2 aliphatic rings. The number of nitrogens with one attached hydrogen (secondary N) is 3. The van der Waals surface area contributed by atoms with Crippen LogP contribution in [0.1, 0.15) is 58.3 Å². The number of phenols is 2. The number of alkyl halides is 1. The lowest BCUT2D eigenvalue weighted by Crippen LogP contribution is -2.52. The first-order valence-electron chi connectivity index (χ1n) is 18.2. The Balaban J connectivity index is 0.930. The van der Waals surface area contributed by atoms with Gasteiger partial charge in [0.05, 0.1) is 19.8 Å². The number of ether oxygens (including phenoxy) is 2. The third-order valence-electron chi connectivity index (χ3n) is 9.47.